The third-order valence-corrected chi connectivity index (χ3v) is 5.19. The zero-order valence-corrected chi connectivity index (χ0v) is 15.2. The molecule has 2 aromatic rings. The van der Waals surface area contributed by atoms with E-state index in [0.717, 1.165) is 49.4 Å². The molecular weight excluding hydrogens is 323 g/mol. The SMILES string of the molecule is CC(C)n1cnn(CN2CCC(Cc3cccc(F)c3)CC2)c1=S. The fourth-order valence-electron chi connectivity index (χ4n) is 3.32. The predicted molar refractivity (Wildman–Crippen MR) is 95.8 cm³/mol. The number of benzene rings is 1. The van der Waals surface area contributed by atoms with E-state index in [1.165, 1.54) is 6.07 Å². The maximum absolute atomic E-state index is 13.3. The molecule has 1 aromatic heterocycles. The molecule has 2 heterocycles. The van der Waals surface area contributed by atoms with Crippen molar-refractivity contribution in [1.29, 1.82) is 0 Å². The van der Waals surface area contributed by atoms with Crippen molar-refractivity contribution in [3.8, 4) is 0 Å². The van der Waals surface area contributed by atoms with Crippen molar-refractivity contribution in [3.63, 3.8) is 0 Å². The molecule has 3 rings (SSSR count). The van der Waals surface area contributed by atoms with Crippen LogP contribution < -0.4 is 0 Å². The van der Waals surface area contributed by atoms with E-state index in [-0.39, 0.29) is 5.82 Å². The van der Waals surface area contributed by atoms with E-state index in [0.29, 0.717) is 12.0 Å². The summed E-state index contributed by atoms with van der Waals surface area (Å²) in [6.45, 7) is 7.05. The zero-order valence-electron chi connectivity index (χ0n) is 14.4. The summed E-state index contributed by atoms with van der Waals surface area (Å²) in [5, 5.41) is 4.42. The van der Waals surface area contributed by atoms with Crippen LogP contribution in [-0.4, -0.2) is 32.3 Å². The lowest BCUT2D eigenvalue weighted by Crippen LogP contribution is -2.36. The van der Waals surface area contributed by atoms with E-state index >= 15 is 0 Å². The molecule has 0 unspecified atom stereocenters. The Labute approximate surface area is 147 Å². The first-order valence-electron chi connectivity index (χ1n) is 8.63. The number of aromatic nitrogens is 3. The average molecular weight is 348 g/mol. The van der Waals surface area contributed by atoms with Crippen LogP contribution in [0.4, 0.5) is 4.39 Å². The van der Waals surface area contributed by atoms with Gasteiger partial charge in [-0.25, -0.2) is 9.07 Å². The minimum absolute atomic E-state index is 0.139. The topological polar surface area (TPSA) is 26.0 Å². The smallest absolute Gasteiger partial charge is 0.199 e. The number of likely N-dealkylation sites (tertiary alicyclic amines) is 1. The van der Waals surface area contributed by atoms with E-state index in [9.17, 15) is 4.39 Å². The van der Waals surface area contributed by atoms with Gasteiger partial charge < -0.3 is 4.57 Å². The molecule has 24 heavy (non-hydrogen) atoms. The van der Waals surface area contributed by atoms with Gasteiger partial charge in [-0.15, -0.1) is 0 Å². The highest BCUT2D eigenvalue weighted by molar-refractivity contribution is 7.71. The van der Waals surface area contributed by atoms with Crippen molar-refractivity contribution in [2.24, 2.45) is 5.92 Å². The molecule has 0 N–H and O–H groups in total. The van der Waals surface area contributed by atoms with Crippen molar-refractivity contribution in [2.75, 3.05) is 13.1 Å². The van der Waals surface area contributed by atoms with Gasteiger partial charge in [0.1, 0.15) is 12.1 Å². The maximum Gasteiger partial charge on any atom is 0.199 e. The molecule has 4 nitrogen and oxygen atoms in total. The molecule has 0 aliphatic carbocycles. The number of hydrogen-bond acceptors (Lipinski definition) is 3. The van der Waals surface area contributed by atoms with Crippen LogP contribution in [-0.2, 0) is 13.1 Å². The Morgan fingerprint density at radius 2 is 2.04 bits per heavy atom. The molecule has 130 valence electrons. The molecule has 0 saturated carbocycles. The maximum atomic E-state index is 13.3. The predicted octanol–water partition coefficient (Wildman–Crippen LogP) is 4.05. The summed E-state index contributed by atoms with van der Waals surface area (Å²) in [7, 11) is 0. The van der Waals surface area contributed by atoms with Crippen LogP contribution in [0.2, 0.25) is 0 Å². The summed E-state index contributed by atoms with van der Waals surface area (Å²) in [6.07, 6.45) is 5.06. The van der Waals surface area contributed by atoms with Gasteiger partial charge in [0.15, 0.2) is 4.77 Å². The van der Waals surface area contributed by atoms with Crippen molar-refractivity contribution in [3.05, 3.63) is 46.7 Å². The molecule has 6 heteroatoms. The Bertz CT molecular complexity index is 729. The quantitative estimate of drug-likeness (QED) is 0.763. The van der Waals surface area contributed by atoms with Crippen LogP contribution in [0.25, 0.3) is 0 Å². The summed E-state index contributed by atoms with van der Waals surface area (Å²) >= 11 is 5.49. The van der Waals surface area contributed by atoms with E-state index < -0.39 is 0 Å². The molecule has 0 bridgehead atoms. The van der Waals surface area contributed by atoms with Gasteiger partial charge in [0.05, 0.1) is 6.67 Å². The molecule has 1 aliphatic rings. The van der Waals surface area contributed by atoms with Gasteiger partial charge in [-0.1, -0.05) is 12.1 Å². The minimum atomic E-state index is -0.139. The second kappa shape index (κ2) is 7.57. The van der Waals surface area contributed by atoms with E-state index in [2.05, 4.69) is 23.8 Å². The highest BCUT2D eigenvalue weighted by atomic mass is 32.1. The molecule has 0 amide bonds. The van der Waals surface area contributed by atoms with E-state index in [1.807, 2.05) is 21.6 Å². The lowest BCUT2D eigenvalue weighted by atomic mass is 9.90. The van der Waals surface area contributed by atoms with Gasteiger partial charge >= 0.3 is 0 Å². The van der Waals surface area contributed by atoms with Crippen LogP contribution in [0.1, 0.15) is 38.3 Å². The second-order valence-corrected chi connectivity index (χ2v) is 7.32. The Morgan fingerprint density at radius 1 is 1.29 bits per heavy atom. The summed E-state index contributed by atoms with van der Waals surface area (Å²) in [6, 6.07) is 7.32. The molecule has 0 atom stereocenters. The molecule has 0 radical (unpaired) electrons. The number of piperidine rings is 1. The fourth-order valence-corrected chi connectivity index (χ4v) is 3.68. The highest BCUT2D eigenvalue weighted by Gasteiger charge is 2.20. The van der Waals surface area contributed by atoms with Crippen molar-refractivity contribution >= 4 is 12.2 Å². The molecule has 1 aliphatic heterocycles. The number of rotatable bonds is 5. The molecule has 1 saturated heterocycles. The lowest BCUT2D eigenvalue weighted by Gasteiger charge is -2.31. The average Bonchev–Trinajstić information content (AvgIpc) is 2.90. The van der Waals surface area contributed by atoms with Gasteiger partial charge in [-0.2, -0.15) is 5.10 Å². The molecule has 1 fully saturated rings. The van der Waals surface area contributed by atoms with Crippen molar-refractivity contribution < 1.29 is 4.39 Å². The van der Waals surface area contributed by atoms with Crippen LogP contribution >= 0.6 is 12.2 Å². The summed E-state index contributed by atoms with van der Waals surface area (Å²) in [4.78, 5) is 2.40. The van der Waals surface area contributed by atoms with Crippen LogP contribution in [0, 0.1) is 16.5 Å². The zero-order chi connectivity index (χ0) is 17.1. The number of nitrogens with zero attached hydrogens (tertiary/aromatic N) is 4. The molecule has 0 spiro atoms. The monoisotopic (exact) mass is 348 g/mol. The Kier molecular flexibility index (Phi) is 5.46. The molecule has 1 aromatic carbocycles. The third-order valence-electron chi connectivity index (χ3n) is 4.77. The number of halogens is 1. The normalized spacial score (nSPS) is 16.8. The Balaban J connectivity index is 1.53. The largest absolute Gasteiger partial charge is 0.304 e. The van der Waals surface area contributed by atoms with Gasteiger partial charge in [-0.3, -0.25) is 4.90 Å². The standard InChI is InChI=1S/C18H25FN4S/c1-14(2)22-12-20-23(18(22)24)13-21-8-6-15(7-9-21)10-16-4-3-5-17(19)11-16/h3-5,11-12,14-15H,6-10,13H2,1-2H3. The summed E-state index contributed by atoms with van der Waals surface area (Å²) in [5.41, 5.74) is 1.10. The van der Waals surface area contributed by atoms with Gasteiger partial charge in [0, 0.05) is 19.1 Å². The van der Waals surface area contributed by atoms with Gasteiger partial charge in [-0.05, 0) is 68.9 Å². The van der Waals surface area contributed by atoms with E-state index in [4.69, 9.17) is 12.2 Å². The van der Waals surface area contributed by atoms with Crippen molar-refractivity contribution in [1.82, 2.24) is 19.2 Å². The third kappa shape index (κ3) is 4.11. The van der Waals surface area contributed by atoms with Gasteiger partial charge in [0.2, 0.25) is 0 Å². The first kappa shape index (κ1) is 17.3. The minimum Gasteiger partial charge on any atom is -0.304 e. The van der Waals surface area contributed by atoms with Gasteiger partial charge in [0.25, 0.3) is 0 Å². The summed E-state index contributed by atoms with van der Waals surface area (Å²) < 4.78 is 18.0. The van der Waals surface area contributed by atoms with Crippen LogP contribution in [0.15, 0.2) is 30.6 Å². The Morgan fingerprint density at radius 3 is 2.67 bits per heavy atom. The first-order chi connectivity index (χ1) is 11.5. The van der Waals surface area contributed by atoms with Crippen molar-refractivity contribution in [2.45, 2.75) is 45.8 Å². The highest BCUT2D eigenvalue weighted by Crippen LogP contribution is 2.22. The number of hydrogen-bond donors (Lipinski definition) is 0. The van der Waals surface area contributed by atoms with E-state index in [1.54, 1.807) is 12.1 Å². The Hall–Kier alpha value is -1.53. The second-order valence-electron chi connectivity index (χ2n) is 6.95. The lowest BCUT2D eigenvalue weighted by molar-refractivity contribution is 0.139. The van der Waals surface area contributed by atoms with Crippen LogP contribution in [0.3, 0.4) is 0 Å². The molecular formula is C18H25FN4S. The summed E-state index contributed by atoms with van der Waals surface area (Å²) in [5.74, 6) is 0.490. The fraction of sp³-hybridized carbons (Fsp3) is 0.556. The first-order valence-corrected chi connectivity index (χ1v) is 9.04. The van der Waals surface area contributed by atoms with Crippen LogP contribution in [0.5, 0.6) is 0 Å².